The molecule has 1 N–H and O–H groups in total. The predicted octanol–water partition coefficient (Wildman–Crippen LogP) is 1.88. The average molecular weight is 360 g/mol. The Morgan fingerprint density at radius 2 is 2.12 bits per heavy atom. The highest BCUT2D eigenvalue weighted by Gasteiger charge is 2.28. The standard InChI is InChI=1S/C20H28N2O4/c23-19(9-12-22-11-5-4-8-20(22)24)21-17-10-13-25-15-18(17)26-14-16-6-2-1-3-7-16/h1-3,6-7,17-18H,4-5,8-15H2,(H,21,23)/t17-,18-/m1/s1. The summed E-state index contributed by atoms with van der Waals surface area (Å²) in [5.41, 5.74) is 1.10. The zero-order valence-corrected chi connectivity index (χ0v) is 15.2. The smallest absolute Gasteiger partial charge is 0.222 e. The molecule has 1 aromatic rings. The lowest BCUT2D eigenvalue weighted by Crippen LogP contribution is -2.50. The van der Waals surface area contributed by atoms with Gasteiger partial charge in [-0.3, -0.25) is 9.59 Å². The van der Waals surface area contributed by atoms with Crippen molar-refractivity contribution in [1.29, 1.82) is 0 Å². The van der Waals surface area contributed by atoms with Crippen LogP contribution in [0.25, 0.3) is 0 Å². The summed E-state index contributed by atoms with van der Waals surface area (Å²) < 4.78 is 11.5. The van der Waals surface area contributed by atoms with Crippen LogP contribution in [0.3, 0.4) is 0 Å². The first kappa shape index (κ1) is 18.9. The van der Waals surface area contributed by atoms with Crippen molar-refractivity contribution < 1.29 is 19.1 Å². The Morgan fingerprint density at radius 1 is 1.27 bits per heavy atom. The Labute approximate surface area is 154 Å². The summed E-state index contributed by atoms with van der Waals surface area (Å²) in [4.78, 5) is 26.0. The van der Waals surface area contributed by atoms with Crippen molar-refractivity contribution in [2.24, 2.45) is 0 Å². The fourth-order valence-electron chi connectivity index (χ4n) is 3.43. The minimum atomic E-state index is -0.149. The van der Waals surface area contributed by atoms with Crippen LogP contribution >= 0.6 is 0 Å². The van der Waals surface area contributed by atoms with E-state index in [0.29, 0.717) is 39.2 Å². The maximum absolute atomic E-state index is 12.3. The van der Waals surface area contributed by atoms with Gasteiger partial charge in [-0.1, -0.05) is 30.3 Å². The molecular weight excluding hydrogens is 332 g/mol. The van der Waals surface area contributed by atoms with E-state index < -0.39 is 0 Å². The largest absolute Gasteiger partial charge is 0.379 e. The molecule has 2 amide bonds. The van der Waals surface area contributed by atoms with Crippen LogP contribution in [-0.2, 0) is 25.7 Å². The molecule has 0 aromatic heterocycles. The van der Waals surface area contributed by atoms with Gasteiger partial charge in [-0.2, -0.15) is 0 Å². The minimum Gasteiger partial charge on any atom is -0.379 e. The Bertz CT molecular complexity index is 593. The van der Waals surface area contributed by atoms with Crippen LogP contribution in [0.5, 0.6) is 0 Å². The van der Waals surface area contributed by atoms with E-state index in [0.717, 1.165) is 31.4 Å². The van der Waals surface area contributed by atoms with Crippen molar-refractivity contribution in [2.75, 3.05) is 26.3 Å². The molecule has 6 heteroatoms. The maximum Gasteiger partial charge on any atom is 0.222 e. The van der Waals surface area contributed by atoms with E-state index in [9.17, 15) is 9.59 Å². The summed E-state index contributed by atoms with van der Waals surface area (Å²) in [5, 5.41) is 3.08. The van der Waals surface area contributed by atoms with Gasteiger partial charge in [-0.15, -0.1) is 0 Å². The number of amides is 2. The number of likely N-dealkylation sites (tertiary alicyclic amines) is 1. The van der Waals surface area contributed by atoms with Crippen LogP contribution in [0, 0.1) is 0 Å². The molecule has 26 heavy (non-hydrogen) atoms. The molecular formula is C20H28N2O4. The van der Waals surface area contributed by atoms with Gasteiger partial charge in [0.05, 0.1) is 19.3 Å². The molecule has 2 aliphatic rings. The third kappa shape index (κ3) is 5.54. The molecule has 2 saturated heterocycles. The molecule has 2 heterocycles. The van der Waals surface area contributed by atoms with Gasteiger partial charge in [0.1, 0.15) is 6.10 Å². The molecule has 2 aliphatic heterocycles. The second-order valence-electron chi connectivity index (χ2n) is 6.96. The lowest BCUT2D eigenvalue weighted by molar-refractivity contribution is -0.134. The van der Waals surface area contributed by atoms with Gasteiger partial charge in [0.2, 0.25) is 11.8 Å². The molecule has 0 bridgehead atoms. The summed E-state index contributed by atoms with van der Waals surface area (Å²) in [5.74, 6) is 0.141. The van der Waals surface area contributed by atoms with Gasteiger partial charge < -0.3 is 19.7 Å². The van der Waals surface area contributed by atoms with Gasteiger partial charge in [-0.25, -0.2) is 0 Å². The monoisotopic (exact) mass is 360 g/mol. The van der Waals surface area contributed by atoms with E-state index in [1.54, 1.807) is 4.90 Å². The number of nitrogens with zero attached hydrogens (tertiary/aromatic N) is 1. The van der Waals surface area contributed by atoms with E-state index in [2.05, 4.69) is 5.32 Å². The second kappa shape index (κ2) is 9.69. The van der Waals surface area contributed by atoms with Crippen LogP contribution in [-0.4, -0.2) is 55.2 Å². The van der Waals surface area contributed by atoms with Gasteiger partial charge in [0.25, 0.3) is 0 Å². The number of ether oxygens (including phenoxy) is 2. The zero-order valence-electron chi connectivity index (χ0n) is 15.2. The predicted molar refractivity (Wildman–Crippen MR) is 97.4 cm³/mol. The second-order valence-corrected chi connectivity index (χ2v) is 6.96. The lowest BCUT2D eigenvalue weighted by Gasteiger charge is -2.32. The number of rotatable bonds is 7. The molecule has 0 spiro atoms. The van der Waals surface area contributed by atoms with Gasteiger partial charge >= 0.3 is 0 Å². The fourth-order valence-corrected chi connectivity index (χ4v) is 3.43. The molecule has 0 aliphatic carbocycles. The minimum absolute atomic E-state index is 0.0245. The molecule has 0 radical (unpaired) electrons. The van der Waals surface area contributed by atoms with Gasteiger partial charge in [0, 0.05) is 32.5 Å². The molecule has 142 valence electrons. The normalized spacial score (nSPS) is 23.7. The third-order valence-electron chi connectivity index (χ3n) is 4.99. The van der Waals surface area contributed by atoms with Crippen LogP contribution in [0.2, 0.25) is 0 Å². The van der Waals surface area contributed by atoms with E-state index in [4.69, 9.17) is 9.47 Å². The Hall–Kier alpha value is -1.92. The highest BCUT2D eigenvalue weighted by molar-refractivity contribution is 5.79. The first-order valence-corrected chi connectivity index (χ1v) is 9.53. The number of hydrogen-bond donors (Lipinski definition) is 1. The Morgan fingerprint density at radius 3 is 2.92 bits per heavy atom. The average Bonchev–Trinajstić information content (AvgIpc) is 2.67. The van der Waals surface area contributed by atoms with Crippen molar-refractivity contribution in [1.82, 2.24) is 10.2 Å². The molecule has 2 fully saturated rings. The third-order valence-corrected chi connectivity index (χ3v) is 4.99. The molecule has 0 saturated carbocycles. The van der Waals surface area contributed by atoms with E-state index in [-0.39, 0.29) is 24.0 Å². The number of carbonyl (C=O) groups is 2. The quantitative estimate of drug-likeness (QED) is 0.806. The SMILES string of the molecule is O=C(CCN1CCCCC1=O)N[C@@H]1CCOC[C@H]1OCc1ccccc1. The van der Waals surface area contributed by atoms with Crippen molar-refractivity contribution >= 4 is 11.8 Å². The van der Waals surface area contributed by atoms with Gasteiger partial charge in [-0.05, 0) is 24.8 Å². The molecule has 1 aromatic carbocycles. The summed E-state index contributed by atoms with van der Waals surface area (Å²) in [6.45, 7) is 2.89. The van der Waals surface area contributed by atoms with Crippen molar-refractivity contribution in [3.8, 4) is 0 Å². The number of piperidine rings is 1. The van der Waals surface area contributed by atoms with E-state index >= 15 is 0 Å². The summed E-state index contributed by atoms with van der Waals surface area (Å²) in [6, 6.07) is 9.94. The molecule has 0 unspecified atom stereocenters. The first-order chi connectivity index (χ1) is 12.7. The highest BCUT2D eigenvalue weighted by Crippen LogP contribution is 2.15. The summed E-state index contributed by atoms with van der Waals surface area (Å²) in [7, 11) is 0. The van der Waals surface area contributed by atoms with Crippen molar-refractivity contribution in [3.63, 3.8) is 0 Å². The molecule has 3 rings (SSSR count). The van der Waals surface area contributed by atoms with Crippen LogP contribution in [0.1, 0.15) is 37.7 Å². The lowest BCUT2D eigenvalue weighted by atomic mass is 10.1. The van der Waals surface area contributed by atoms with E-state index in [1.165, 1.54) is 0 Å². The zero-order chi connectivity index (χ0) is 18.2. The van der Waals surface area contributed by atoms with E-state index in [1.807, 2.05) is 30.3 Å². The topological polar surface area (TPSA) is 67.9 Å². The molecule has 6 nitrogen and oxygen atoms in total. The highest BCUT2D eigenvalue weighted by atomic mass is 16.5. The van der Waals surface area contributed by atoms with Crippen LogP contribution < -0.4 is 5.32 Å². The first-order valence-electron chi connectivity index (χ1n) is 9.53. The molecule has 2 atom stereocenters. The number of hydrogen-bond acceptors (Lipinski definition) is 4. The number of nitrogens with one attached hydrogen (secondary N) is 1. The number of benzene rings is 1. The fraction of sp³-hybridized carbons (Fsp3) is 0.600. The van der Waals surface area contributed by atoms with Crippen molar-refractivity contribution in [2.45, 2.75) is 50.9 Å². The van der Waals surface area contributed by atoms with Crippen molar-refractivity contribution in [3.05, 3.63) is 35.9 Å². The number of carbonyl (C=O) groups excluding carboxylic acids is 2. The Kier molecular flexibility index (Phi) is 7.03. The maximum atomic E-state index is 12.3. The Balaban J connectivity index is 1.44. The van der Waals surface area contributed by atoms with Gasteiger partial charge in [0.15, 0.2) is 0 Å². The summed E-state index contributed by atoms with van der Waals surface area (Å²) >= 11 is 0. The summed E-state index contributed by atoms with van der Waals surface area (Å²) in [6.07, 6.45) is 3.54. The van der Waals surface area contributed by atoms with Crippen LogP contribution in [0.4, 0.5) is 0 Å². The van der Waals surface area contributed by atoms with Crippen LogP contribution in [0.15, 0.2) is 30.3 Å².